The molecule has 14 heteroatoms. The molecule has 0 aromatic heterocycles. The SMILES string of the molecule is [CH2-]CC(=O)NC(C)C(=O)NC(CCC(=O)NC(CCCC(N)C(=O)OCC)C(=O)O)C(=O)OCC.[CH3-].[CH3-].[K+]. The summed E-state index contributed by atoms with van der Waals surface area (Å²) in [5.41, 5.74) is 5.68. The first-order chi connectivity index (χ1) is 16.5. The predicted molar refractivity (Wildman–Crippen MR) is 136 cm³/mol. The fraction of sp³-hybridized carbons (Fsp3) is 0.625. The Morgan fingerprint density at radius 3 is 1.89 bits per heavy atom. The Hall–Kier alpha value is -1.58. The van der Waals surface area contributed by atoms with Crippen LogP contribution in [0.2, 0.25) is 0 Å². The standard InChI is InChI=1S/C22H37N4O9.2CH3.K/c1-5-17(27)24-13(4)19(29)26-16(22(33)35-7-3)11-12-18(28)25-15(20(30)31)10-8-9-14(23)21(32)34-6-2;;;/h13-16H,1,5-12,23H2,2-4H3,(H,24,27)(H,25,28)(H,26,29)(H,30,31);2*1H3;/q3*-1;+1. The second-order valence-corrected chi connectivity index (χ2v) is 7.64. The number of nitrogens with two attached hydrogens (primary N) is 1. The second-order valence-electron chi connectivity index (χ2n) is 7.64. The number of ether oxygens (including phenoxy) is 2. The molecule has 0 saturated heterocycles. The molecular weight excluding hydrogens is 527 g/mol. The van der Waals surface area contributed by atoms with Crippen molar-refractivity contribution in [3.63, 3.8) is 0 Å². The molecule has 0 aromatic rings. The van der Waals surface area contributed by atoms with Crippen LogP contribution < -0.4 is 73.1 Å². The maximum absolute atomic E-state index is 12.3. The molecule has 0 aromatic carbocycles. The molecule has 4 unspecified atom stereocenters. The zero-order valence-electron chi connectivity index (χ0n) is 23.5. The van der Waals surface area contributed by atoms with Crippen LogP contribution in [0.1, 0.15) is 59.3 Å². The number of amides is 3. The number of rotatable bonds is 17. The van der Waals surface area contributed by atoms with Gasteiger partial charge in [0.1, 0.15) is 24.2 Å². The van der Waals surface area contributed by atoms with Crippen molar-refractivity contribution in [2.45, 2.75) is 83.5 Å². The third-order valence-corrected chi connectivity index (χ3v) is 4.78. The molecule has 0 aliphatic carbocycles. The van der Waals surface area contributed by atoms with Gasteiger partial charge >= 0.3 is 69.3 Å². The minimum Gasteiger partial charge on any atom is -0.480 e. The number of carboxylic acids is 1. The van der Waals surface area contributed by atoms with Gasteiger partial charge in [0.25, 0.3) is 0 Å². The van der Waals surface area contributed by atoms with E-state index in [1.165, 1.54) is 6.92 Å². The summed E-state index contributed by atoms with van der Waals surface area (Å²) in [5, 5.41) is 16.6. The fourth-order valence-corrected chi connectivity index (χ4v) is 2.88. The van der Waals surface area contributed by atoms with E-state index in [4.69, 9.17) is 15.2 Å². The Bertz CT molecular complexity index is 752. The van der Waals surface area contributed by atoms with Gasteiger partial charge in [0.2, 0.25) is 11.8 Å². The summed E-state index contributed by atoms with van der Waals surface area (Å²) in [7, 11) is 0. The molecule has 0 aliphatic rings. The van der Waals surface area contributed by atoms with Crippen LogP contribution in [-0.4, -0.2) is 78.1 Å². The van der Waals surface area contributed by atoms with Crippen molar-refractivity contribution < 1.29 is 94.7 Å². The van der Waals surface area contributed by atoms with Crippen molar-refractivity contribution in [2.75, 3.05) is 13.2 Å². The van der Waals surface area contributed by atoms with Gasteiger partial charge in [-0.15, -0.1) is 6.42 Å². The molecule has 216 valence electrons. The molecule has 6 N–H and O–H groups in total. The number of carbonyl (C=O) groups is 6. The zero-order chi connectivity index (χ0) is 27.0. The van der Waals surface area contributed by atoms with Gasteiger partial charge in [-0.3, -0.25) is 19.2 Å². The average molecular weight is 571 g/mol. The van der Waals surface area contributed by atoms with Crippen molar-refractivity contribution in [3.8, 4) is 0 Å². The van der Waals surface area contributed by atoms with E-state index in [1.54, 1.807) is 13.8 Å². The summed E-state index contributed by atoms with van der Waals surface area (Å²) >= 11 is 0. The van der Waals surface area contributed by atoms with E-state index in [0.717, 1.165) is 0 Å². The van der Waals surface area contributed by atoms with Crippen molar-refractivity contribution in [3.05, 3.63) is 21.8 Å². The van der Waals surface area contributed by atoms with Gasteiger partial charge < -0.3 is 58.0 Å². The largest absolute Gasteiger partial charge is 1.00 e. The first-order valence-electron chi connectivity index (χ1n) is 11.5. The van der Waals surface area contributed by atoms with Crippen LogP contribution >= 0.6 is 0 Å². The van der Waals surface area contributed by atoms with E-state index >= 15 is 0 Å². The number of hydrogen-bond donors (Lipinski definition) is 5. The Labute approximate surface area is 268 Å². The molecule has 4 atom stereocenters. The van der Waals surface area contributed by atoms with Crippen LogP contribution in [-0.2, 0) is 38.2 Å². The van der Waals surface area contributed by atoms with E-state index in [0.29, 0.717) is 0 Å². The van der Waals surface area contributed by atoms with Crippen molar-refractivity contribution in [1.29, 1.82) is 0 Å². The van der Waals surface area contributed by atoms with Crippen LogP contribution in [0.4, 0.5) is 0 Å². The molecular formula is C24H43KN4O9-2. The molecule has 0 aliphatic heterocycles. The number of nitrogens with one attached hydrogen (secondary N) is 3. The van der Waals surface area contributed by atoms with Crippen LogP contribution in [0.15, 0.2) is 0 Å². The minimum absolute atomic E-state index is 0. The van der Waals surface area contributed by atoms with Crippen molar-refractivity contribution >= 4 is 35.6 Å². The first kappa shape index (κ1) is 43.5. The number of esters is 2. The summed E-state index contributed by atoms with van der Waals surface area (Å²) in [6, 6.07) is -4.26. The second kappa shape index (κ2) is 24.5. The zero-order valence-corrected chi connectivity index (χ0v) is 26.6. The Morgan fingerprint density at radius 2 is 1.39 bits per heavy atom. The summed E-state index contributed by atoms with van der Waals surface area (Å²) in [4.78, 5) is 71.3. The van der Waals surface area contributed by atoms with Gasteiger partial charge in [0.15, 0.2) is 5.91 Å². The maximum Gasteiger partial charge on any atom is 1.00 e. The van der Waals surface area contributed by atoms with Crippen LogP contribution in [0, 0.1) is 21.8 Å². The van der Waals surface area contributed by atoms with E-state index in [1.807, 2.05) is 0 Å². The maximum atomic E-state index is 12.3. The van der Waals surface area contributed by atoms with Gasteiger partial charge in [-0.25, -0.2) is 9.59 Å². The minimum atomic E-state index is -1.27. The Kier molecular flexibility index (Phi) is 28.0. The summed E-state index contributed by atoms with van der Waals surface area (Å²) in [6.07, 6.45) is -0.0653. The number of carboxylic acid groups (broad SMARTS) is 1. The van der Waals surface area contributed by atoms with Crippen molar-refractivity contribution in [1.82, 2.24) is 16.0 Å². The smallest absolute Gasteiger partial charge is 0.480 e. The van der Waals surface area contributed by atoms with Gasteiger partial charge in [-0.2, -0.15) is 0 Å². The predicted octanol–water partition coefficient (Wildman–Crippen LogP) is -2.92. The van der Waals surface area contributed by atoms with Crippen LogP contribution in [0.3, 0.4) is 0 Å². The summed E-state index contributed by atoms with van der Waals surface area (Å²) < 4.78 is 9.71. The average Bonchev–Trinajstić information content (AvgIpc) is 2.80. The molecule has 38 heavy (non-hydrogen) atoms. The van der Waals surface area contributed by atoms with Gasteiger partial charge in [-0.05, 0) is 46.5 Å². The molecule has 0 saturated carbocycles. The molecule has 0 bridgehead atoms. The Balaban J connectivity index is -0.00000193. The van der Waals surface area contributed by atoms with Crippen LogP contribution in [0.25, 0.3) is 0 Å². The third-order valence-electron chi connectivity index (χ3n) is 4.78. The van der Waals surface area contributed by atoms with Gasteiger partial charge in [0.05, 0.1) is 13.2 Å². The molecule has 0 heterocycles. The third kappa shape index (κ3) is 18.6. The topological polar surface area (TPSA) is 203 Å². The number of aliphatic carboxylic acids is 1. The van der Waals surface area contributed by atoms with Crippen molar-refractivity contribution in [2.24, 2.45) is 5.73 Å². The number of hydrogen-bond acceptors (Lipinski definition) is 9. The molecule has 3 amide bonds. The first-order valence-corrected chi connectivity index (χ1v) is 11.5. The molecule has 0 fully saturated rings. The monoisotopic (exact) mass is 570 g/mol. The summed E-state index contributed by atoms with van der Waals surface area (Å²) in [6.45, 7) is 8.26. The molecule has 13 nitrogen and oxygen atoms in total. The van der Waals surface area contributed by atoms with E-state index in [2.05, 4.69) is 22.9 Å². The molecule has 0 rings (SSSR count). The molecule has 0 radical (unpaired) electrons. The van der Waals surface area contributed by atoms with Crippen LogP contribution in [0.5, 0.6) is 0 Å². The van der Waals surface area contributed by atoms with Gasteiger partial charge in [0, 0.05) is 6.42 Å². The summed E-state index contributed by atoms with van der Waals surface area (Å²) in [5.74, 6) is -4.40. The fourth-order valence-electron chi connectivity index (χ4n) is 2.88. The van der Waals surface area contributed by atoms with E-state index in [-0.39, 0.29) is 118 Å². The Morgan fingerprint density at radius 1 is 0.842 bits per heavy atom. The quantitative estimate of drug-likeness (QED) is 0.0684. The van der Waals surface area contributed by atoms with E-state index < -0.39 is 59.8 Å². The number of carbonyl (C=O) groups excluding carboxylic acids is 5. The normalized spacial score (nSPS) is 12.9. The van der Waals surface area contributed by atoms with Gasteiger partial charge in [-0.1, -0.05) is 0 Å². The van der Waals surface area contributed by atoms with E-state index in [9.17, 15) is 33.9 Å². The molecule has 0 spiro atoms.